The number of carbonyl (C=O) groups is 1. The van der Waals surface area contributed by atoms with Gasteiger partial charge in [0, 0.05) is 24.7 Å². The van der Waals surface area contributed by atoms with Crippen LogP contribution in [0.25, 0.3) is 0 Å². The minimum atomic E-state index is -0.100. The number of anilines is 1. The Morgan fingerprint density at radius 3 is 3.11 bits per heavy atom. The van der Waals surface area contributed by atoms with E-state index in [0.29, 0.717) is 17.6 Å². The zero-order chi connectivity index (χ0) is 12.5. The molecule has 2 aliphatic rings. The third-order valence-electron chi connectivity index (χ3n) is 4.01. The van der Waals surface area contributed by atoms with E-state index in [1.54, 1.807) is 6.07 Å². The van der Waals surface area contributed by atoms with Gasteiger partial charge in [-0.15, -0.1) is 0 Å². The first kappa shape index (κ1) is 11.5. The van der Waals surface area contributed by atoms with Crippen LogP contribution in [0.4, 0.5) is 5.82 Å². The molecule has 1 aromatic rings. The number of nitrogens with zero attached hydrogens (tertiary/aromatic N) is 2. The van der Waals surface area contributed by atoms with Crippen molar-refractivity contribution in [2.45, 2.75) is 37.8 Å². The van der Waals surface area contributed by atoms with Gasteiger partial charge in [0.1, 0.15) is 11.5 Å². The number of fused-ring (bicyclic) bond motifs is 1. The lowest BCUT2D eigenvalue weighted by Gasteiger charge is -2.32. The van der Waals surface area contributed by atoms with Gasteiger partial charge in [-0.25, -0.2) is 0 Å². The van der Waals surface area contributed by atoms with Gasteiger partial charge in [-0.05, 0) is 25.8 Å². The van der Waals surface area contributed by atoms with Crippen molar-refractivity contribution in [3.05, 3.63) is 11.8 Å². The van der Waals surface area contributed by atoms with E-state index < -0.39 is 0 Å². The van der Waals surface area contributed by atoms with E-state index in [1.165, 1.54) is 25.8 Å². The summed E-state index contributed by atoms with van der Waals surface area (Å²) < 4.78 is 0. The summed E-state index contributed by atoms with van der Waals surface area (Å²) in [7, 11) is 0. The number of aromatic nitrogens is 2. The van der Waals surface area contributed by atoms with Crippen molar-refractivity contribution in [3.63, 3.8) is 0 Å². The highest BCUT2D eigenvalue weighted by atomic mass is 16.2. The fraction of sp³-hybridized carbons (Fsp3) is 0.667. The molecule has 3 rings (SSSR count). The number of nitrogen functional groups attached to an aromatic ring is 1. The van der Waals surface area contributed by atoms with Crippen molar-refractivity contribution in [3.8, 4) is 0 Å². The number of rotatable bonds is 2. The lowest BCUT2D eigenvalue weighted by Crippen LogP contribution is -2.46. The minimum Gasteiger partial charge on any atom is -0.382 e. The van der Waals surface area contributed by atoms with E-state index >= 15 is 0 Å². The minimum absolute atomic E-state index is 0.100. The molecule has 2 aliphatic heterocycles. The SMILES string of the molecule is Nc1cc(C(=O)NC2CCN3CCCCC23)[nH]n1. The molecule has 98 valence electrons. The smallest absolute Gasteiger partial charge is 0.269 e. The van der Waals surface area contributed by atoms with E-state index in [4.69, 9.17) is 5.73 Å². The molecule has 4 N–H and O–H groups in total. The molecule has 0 radical (unpaired) electrons. The number of aromatic amines is 1. The Hall–Kier alpha value is -1.56. The second kappa shape index (κ2) is 4.61. The molecule has 0 aliphatic carbocycles. The van der Waals surface area contributed by atoms with Gasteiger partial charge in [-0.2, -0.15) is 5.10 Å². The summed E-state index contributed by atoms with van der Waals surface area (Å²) in [6, 6.07) is 2.36. The zero-order valence-corrected chi connectivity index (χ0v) is 10.4. The van der Waals surface area contributed by atoms with Gasteiger partial charge in [0.15, 0.2) is 0 Å². The van der Waals surface area contributed by atoms with Gasteiger partial charge in [0.25, 0.3) is 5.91 Å². The van der Waals surface area contributed by atoms with E-state index in [-0.39, 0.29) is 11.9 Å². The maximum absolute atomic E-state index is 12.0. The van der Waals surface area contributed by atoms with Crippen molar-refractivity contribution in [1.29, 1.82) is 0 Å². The molecular weight excluding hydrogens is 230 g/mol. The Kier molecular flexibility index (Phi) is 2.95. The molecule has 18 heavy (non-hydrogen) atoms. The summed E-state index contributed by atoms with van der Waals surface area (Å²) >= 11 is 0. The molecule has 2 unspecified atom stereocenters. The molecule has 0 saturated carbocycles. The normalized spacial score (nSPS) is 28.0. The average molecular weight is 249 g/mol. The lowest BCUT2D eigenvalue weighted by atomic mass is 9.99. The number of H-pyrrole nitrogens is 1. The highest BCUT2D eigenvalue weighted by molar-refractivity contribution is 5.93. The number of amides is 1. The number of hydrogen-bond acceptors (Lipinski definition) is 4. The van der Waals surface area contributed by atoms with Crippen LogP contribution in [-0.2, 0) is 0 Å². The Bertz CT molecular complexity index is 443. The van der Waals surface area contributed by atoms with E-state index in [0.717, 1.165) is 13.0 Å². The monoisotopic (exact) mass is 249 g/mol. The predicted molar refractivity (Wildman–Crippen MR) is 68.1 cm³/mol. The highest BCUT2D eigenvalue weighted by Crippen LogP contribution is 2.27. The van der Waals surface area contributed by atoms with Gasteiger partial charge in [-0.3, -0.25) is 14.8 Å². The molecule has 0 bridgehead atoms. The Morgan fingerprint density at radius 1 is 1.44 bits per heavy atom. The summed E-state index contributed by atoms with van der Waals surface area (Å²) in [4.78, 5) is 14.5. The van der Waals surface area contributed by atoms with Crippen molar-refractivity contribution in [1.82, 2.24) is 20.4 Å². The number of nitrogens with one attached hydrogen (secondary N) is 2. The molecule has 0 aromatic carbocycles. The quantitative estimate of drug-likeness (QED) is 0.705. The van der Waals surface area contributed by atoms with Gasteiger partial charge in [0.2, 0.25) is 0 Å². The number of hydrogen-bond donors (Lipinski definition) is 3. The number of piperidine rings is 1. The third kappa shape index (κ3) is 2.08. The molecule has 2 fully saturated rings. The first-order valence-corrected chi connectivity index (χ1v) is 6.60. The number of carbonyl (C=O) groups excluding carboxylic acids is 1. The summed E-state index contributed by atoms with van der Waals surface area (Å²) in [5.74, 6) is 0.252. The fourth-order valence-corrected chi connectivity index (χ4v) is 3.12. The Balaban J connectivity index is 1.64. The zero-order valence-electron chi connectivity index (χ0n) is 10.4. The van der Waals surface area contributed by atoms with Crippen LogP contribution in [0.3, 0.4) is 0 Å². The van der Waals surface area contributed by atoms with Gasteiger partial charge >= 0.3 is 0 Å². The van der Waals surface area contributed by atoms with Crippen LogP contribution in [0.2, 0.25) is 0 Å². The molecule has 3 heterocycles. The van der Waals surface area contributed by atoms with Crippen molar-refractivity contribution >= 4 is 11.7 Å². The maximum atomic E-state index is 12.0. The summed E-state index contributed by atoms with van der Waals surface area (Å²) in [5, 5.41) is 9.53. The van der Waals surface area contributed by atoms with Gasteiger partial charge in [-0.1, -0.05) is 6.42 Å². The number of nitrogens with two attached hydrogens (primary N) is 1. The van der Waals surface area contributed by atoms with Crippen molar-refractivity contribution in [2.75, 3.05) is 18.8 Å². The lowest BCUT2D eigenvalue weighted by molar-refractivity contribution is 0.0910. The van der Waals surface area contributed by atoms with Gasteiger partial charge in [0.05, 0.1) is 0 Å². The third-order valence-corrected chi connectivity index (χ3v) is 4.01. The van der Waals surface area contributed by atoms with E-state index in [2.05, 4.69) is 20.4 Å². The van der Waals surface area contributed by atoms with Crippen molar-refractivity contribution < 1.29 is 4.79 Å². The van der Waals surface area contributed by atoms with E-state index in [9.17, 15) is 4.79 Å². The summed E-state index contributed by atoms with van der Waals surface area (Å²) in [6.45, 7) is 2.27. The second-order valence-corrected chi connectivity index (χ2v) is 5.17. The van der Waals surface area contributed by atoms with Crippen LogP contribution in [0.1, 0.15) is 36.2 Å². The molecule has 1 amide bonds. The first-order chi connectivity index (χ1) is 8.74. The fourth-order valence-electron chi connectivity index (χ4n) is 3.12. The molecule has 1 aromatic heterocycles. The maximum Gasteiger partial charge on any atom is 0.269 e. The summed E-state index contributed by atoms with van der Waals surface area (Å²) in [6.07, 6.45) is 4.79. The van der Waals surface area contributed by atoms with Crippen LogP contribution < -0.4 is 11.1 Å². The van der Waals surface area contributed by atoms with Gasteiger partial charge < -0.3 is 11.1 Å². The molecule has 0 spiro atoms. The van der Waals surface area contributed by atoms with Crippen molar-refractivity contribution in [2.24, 2.45) is 0 Å². The molecular formula is C12H19N5O. The van der Waals surface area contributed by atoms with Crippen LogP contribution in [0.15, 0.2) is 6.07 Å². The molecule has 6 nitrogen and oxygen atoms in total. The average Bonchev–Trinajstić information content (AvgIpc) is 2.97. The molecule has 2 saturated heterocycles. The molecule has 6 heteroatoms. The molecule has 2 atom stereocenters. The standard InChI is InChI=1S/C12H19N5O/c13-11-7-9(15-16-11)12(18)14-8-4-6-17-5-2-1-3-10(8)17/h7-8,10H,1-6H2,(H,14,18)(H3,13,15,16). The summed E-state index contributed by atoms with van der Waals surface area (Å²) in [5.41, 5.74) is 5.95. The Labute approximate surface area is 106 Å². The van der Waals surface area contributed by atoms with Crippen LogP contribution >= 0.6 is 0 Å². The Morgan fingerprint density at radius 2 is 2.33 bits per heavy atom. The van der Waals surface area contributed by atoms with Crippen LogP contribution in [0.5, 0.6) is 0 Å². The van der Waals surface area contributed by atoms with E-state index in [1.807, 2.05) is 0 Å². The van der Waals surface area contributed by atoms with Crippen LogP contribution in [-0.4, -0.2) is 46.2 Å². The predicted octanol–water partition coefficient (Wildman–Crippen LogP) is 0.348. The second-order valence-electron chi connectivity index (χ2n) is 5.17. The van der Waals surface area contributed by atoms with Crippen LogP contribution in [0, 0.1) is 0 Å². The first-order valence-electron chi connectivity index (χ1n) is 6.60. The topological polar surface area (TPSA) is 87.0 Å². The largest absolute Gasteiger partial charge is 0.382 e. The highest BCUT2D eigenvalue weighted by Gasteiger charge is 2.36.